The fourth-order valence-corrected chi connectivity index (χ4v) is 1.31. The summed E-state index contributed by atoms with van der Waals surface area (Å²) in [6.45, 7) is 1.08. The summed E-state index contributed by atoms with van der Waals surface area (Å²) < 4.78 is 4.61. The number of carbonyl (C=O) groups is 1. The Morgan fingerprint density at radius 3 is 2.44 bits per heavy atom. The fourth-order valence-electron chi connectivity index (χ4n) is 1.31. The van der Waals surface area contributed by atoms with Crippen LogP contribution in [0, 0.1) is 0 Å². The third kappa shape index (κ3) is 4.42. The van der Waals surface area contributed by atoms with Crippen molar-refractivity contribution in [2.75, 3.05) is 6.61 Å². The predicted molar refractivity (Wildman–Crippen MR) is 58.8 cm³/mol. The number of aliphatic hydroxyl groups excluding tert-OH is 2. The summed E-state index contributed by atoms with van der Waals surface area (Å²) in [5.74, 6) is -0.467. The molecule has 16 heavy (non-hydrogen) atoms. The number of rotatable bonds is 5. The average molecular weight is 224 g/mol. The fraction of sp³-hybridized carbons (Fsp3) is 0.417. The predicted octanol–water partition coefficient (Wildman–Crippen LogP) is 0.514. The Bertz CT molecular complexity index is 323. The Morgan fingerprint density at radius 2 is 1.88 bits per heavy atom. The molecule has 0 bridgehead atoms. The maximum Gasteiger partial charge on any atom is 0.302 e. The van der Waals surface area contributed by atoms with Gasteiger partial charge in [-0.3, -0.25) is 4.79 Å². The summed E-state index contributed by atoms with van der Waals surface area (Å²) >= 11 is 0. The number of hydrogen-bond donors (Lipinski definition) is 2. The van der Waals surface area contributed by atoms with Crippen molar-refractivity contribution < 1.29 is 19.7 Å². The first-order valence-corrected chi connectivity index (χ1v) is 5.13. The molecule has 4 nitrogen and oxygen atoms in total. The molecule has 2 N–H and O–H groups in total. The third-order valence-corrected chi connectivity index (χ3v) is 2.19. The molecule has 0 saturated heterocycles. The van der Waals surface area contributed by atoms with Gasteiger partial charge in [0.25, 0.3) is 0 Å². The van der Waals surface area contributed by atoms with E-state index in [1.807, 2.05) is 30.3 Å². The van der Waals surface area contributed by atoms with Gasteiger partial charge in [0.1, 0.15) is 12.7 Å². The lowest BCUT2D eigenvalue weighted by atomic mass is 10.0. The monoisotopic (exact) mass is 224 g/mol. The molecule has 0 heterocycles. The Kier molecular flexibility index (Phi) is 4.95. The highest BCUT2D eigenvalue weighted by molar-refractivity contribution is 5.65. The van der Waals surface area contributed by atoms with Crippen LogP contribution in [0.2, 0.25) is 0 Å². The second-order valence-electron chi connectivity index (χ2n) is 3.63. The molecule has 0 spiro atoms. The number of esters is 1. The number of aliphatic hydroxyl groups is 2. The van der Waals surface area contributed by atoms with Gasteiger partial charge >= 0.3 is 5.97 Å². The van der Waals surface area contributed by atoms with Crippen molar-refractivity contribution in [3.63, 3.8) is 0 Å². The van der Waals surface area contributed by atoms with Crippen LogP contribution >= 0.6 is 0 Å². The second kappa shape index (κ2) is 6.25. The molecule has 0 fully saturated rings. The lowest BCUT2D eigenvalue weighted by molar-refractivity contribution is -0.146. The van der Waals surface area contributed by atoms with Crippen LogP contribution in [0.4, 0.5) is 0 Å². The van der Waals surface area contributed by atoms with Crippen molar-refractivity contribution in [2.24, 2.45) is 0 Å². The minimum Gasteiger partial charge on any atom is -0.463 e. The largest absolute Gasteiger partial charge is 0.463 e. The summed E-state index contributed by atoms with van der Waals surface area (Å²) in [7, 11) is 0. The minimum absolute atomic E-state index is 0.177. The van der Waals surface area contributed by atoms with Crippen molar-refractivity contribution in [3.8, 4) is 0 Å². The van der Waals surface area contributed by atoms with E-state index in [4.69, 9.17) is 0 Å². The number of hydrogen-bond acceptors (Lipinski definition) is 4. The normalized spacial score (nSPS) is 14.2. The lowest BCUT2D eigenvalue weighted by Gasteiger charge is -2.17. The Hall–Kier alpha value is -1.39. The Labute approximate surface area is 94.5 Å². The van der Waals surface area contributed by atoms with Gasteiger partial charge < -0.3 is 14.9 Å². The number of ether oxygens (including phenoxy) is 1. The van der Waals surface area contributed by atoms with Crippen molar-refractivity contribution in [1.29, 1.82) is 0 Å². The molecular weight excluding hydrogens is 208 g/mol. The molecule has 0 aliphatic heterocycles. The first-order chi connectivity index (χ1) is 7.59. The zero-order chi connectivity index (χ0) is 12.0. The third-order valence-electron chi connectivity index (χ3n) is 2.19. The molecule has 0 unspecified atom stereocenters. The number of carbonyl (C=O) groups excluding carboxylic acids is 1. The zero-order valence-electron chi connectivity index (χ0n) is 9.17. The molecule has 0 amide bonds. The molecule has 1 rings (SSSR count). The SMILES string of the molecule is CC(=O)OC[C@H](O)[C@H](O)Cc1ccccc1. The van der Waals surface area contributed by atoms with Gasteiger partial charge in [0.15, 0.2) is 0 Å². The quantitative estimate of drug-likeness (QED) is 0.715. The van der Waals surface area contributed by atoms with Crippen molar-refractivity contribution in [1.82, 2.24) is 0 Å². The van der Waals surface area contributed by atoms with Crippen LogP contribution < -0.4 is 0 Å². The smallest absolute Gasteiger partial charge is 0.302 e. The standard InChI is InChI=1S/C12H16O4/c1-9(13)16-8-12(15)11(14)7-10-5-3-2-4-6-10/h2-6,11-12,14-15H,7-8H2,1H3/t11-,12+/m1/s1. The van der Waals surface area contributed by atoms with Crippen LogP contribution in [0.5, 0.6) is 0 Å². The first-order valence-electron chi connectivity index (χ1n) is 5.13. The maximum absolute atomic E-state index is 10.5. The summed E-state index contributed by atoms with van der Waals surface area (Å²) in [5.41, 5.74) is 0.928. The maximum atomic E-state index is 10.5. The summed E-state index contributed by atoms with van der Waals surface area (Å²) in [4.78, 5) is 10.5. The van der Waals surface area contributed by atoms with Gasteiger partial charge in [-0.05, 0) is 5.56 Å². The van der Waals surface area contributed by atoms with Gasteiger partial charge in [0.05, 0.1) is 6.10 Å². The summed E-state index contributed by atoms with van der Waals surface area (Å²) in [6, 6.07) is 9.33. The molecule has 0 saturated carbocycles. The topological polar surface area (TPSA) is 66.8 Å². The second-order valence-corrected chi connectivity index (χ2v) is 3.63. The molecule has 1 aromatic carbocycles. The molecule has 2 atom stereocenters. The van der Waals surface area contributed by atoms with Gasteiger partial charge in [-0.2, -0.15) is 0 Å². The molecule has 4 heteroatoms. The van der Waals surface area contributed by atoms with Gasteiger partial charge in [0.2, 0.25) is 0 Å². The van der Waals surface area contributed by atoms with Crippen molar-refractivity contribution >= 4 is 5.97 Å². The molecule has 0 radical (unpaired) electrons. The summed E-state index contributed by atoms with van der Waals surface area (Å²) in [5, 5.41) is 19.1. The van der Waals surface area contributed by atoms with Crippen molar-refractivity contribution in [3.05, 3.63) is 35.9 Å². The van der Waals surface area contributed by atoms with Gasteiger partial charge in [-0.25, -0.2) is 0 Å². The van der Waals surface area contributed by atoms with Gasteiger partial charge in [0, 0.05) is 13.3 Å². The van der Waals surface area contributed by atoms with E-state index in [2.05, 4.69) is 4.74 Å². The first kappa shape index (κ1) is 12.7. The van der Waals surface area contributed by atoms with E-state index in [9.17, 15) is 15.0 Å². The highest BCUT2D eigenvalue weighted by atomic mass is 16.5. The molecule has 0 aliphatic carbocycles. The molecular formula is C12H16O4. The van der Waals surface area contributed by atoms with Crippen LogP contribution in [0.15, 0.2) is 30.3 Å². The minimum atomic E-state index is -1.05. The van der Waals surface area contributed by atoms with Crippen LogP contribution in [-0.4, -0.2) is 35.0 Å². The van der Waals surface area contributed by atoms with Gasteiger partial charge in [-0.1, -0.05) is 30.3 Å². The zero-order valence-corrected chi connectivity index (χ0v) is 9.17. The molecule has 88 valence electrons. The van der Waals surface area contributed by atoms with Crippen molar-refractivity contribution in [2.45, 2.75) is 25.6 Å². The Balaban J connectivity index is 2.39. The van der Waals surface area contributed by atoms with Crippen LogP contribution in [-0.2, 0) is 16.0 Å². The number of benzene rings is 1. The Morgan fingerprint density at radius 1 is 1.25 bits per heavy atom. The van der Waals surface area contributed by atoms with E-state index in [-0.39, 0.29) is 6.61 Å². The van der Waals surface area contributed by atoms with Gasteiger partial charge in [-0.15, -0.1) is 0 Å². The van der Waals surface area contributed by atoms with E-state index in [0.29, 0.717) is 6.42 Å². The van der Waals surface area contributed by atoms with E-state index >= 15 is 0 Å². The highest BCUT2D eigenvalue weighted by Gasteiger charge is 2.17. The van der Waals surface area contributed by atoms with E-state index < -0.39 is 18.2 Å². The van der Waals surface area contributed by atoms with E-state index in [0.717, 1.165) is 5.56 Å². The summed E-state index contributed by atoms with van der Waals surface area (Å²) in [6.07, 6.45) is -1.64. The average Bonchev–Trinajstić information content (AvgIpc) is 2.27. The lowest BCUT2D eigenvalue weighted by Crippen LogP contribution is -2.32. The highest BCUT2D eigenvalue weighted by Crippen LogP contribution is 2.06. The van der Waals surface area contributed by atoms with E-state index in [1.54, 1.807) is 0 Å². The molecule has 0 aliphatic rings. The molecule has 0 aromatic heterocycles. The van der Waals surface area contributed by atoms with E-state index in [1.165, 1.54) is 6.92 Å². The van der Waals surface area contributed by atoms with Crippen LogP contribution in [0.25, 0.3) is 0 Å². The van der Waals surface area contributed by atoms with Crippen LogP contribution in [0.1, 0.15) is 12.5 Å². The molecule has 1 aromatic rings. The van der Waals surface area contributed by atoms with Crippen LogP contribution in [0.3, 0.4) is 0 Å².